The second-order valence-corrected chi connectivity index (χ2v) is 27.8. The van der Waals surface area contributed by atoms with Crippen LogP contribution in [0.5, 0.6) is 0 Å². The maximum Gasteiger partial charge on any atom is 0.0987 e. The average Bonchev–Trinajstić information content (AvgIpc) is 3.52. The van der Waals surface area contributed by atoms with Crippen LogP contribution in [0.2, 0.25) is 36.3 Å². The van der Waals surface area contributed by atoms with Gasteiger partial charge in [-0.05, 0) is 65.2 Å². The van der Waals surface area contributed by atoms with Crippen LogP contribution in [0.1, 0.15) is 41.5 Å². The Balaban J connectivity index is 1.57. The van der Waals surface area contributed by atoms with Gasteiger partial charge in [-0.1, -0.05) is 79.9 Å². The van der Waals surface area contributed by atoms with Crippen LogP contribution in [0.15, 0.2) is 47.2 Å². The standard InChI is InChI=1S/C28H38S4Si2/c1-27(2,3)33(7,8)25-13-11-21(31-25)23-15-19(17-29-23)20-16-24(30-18-20)22-12-14-26(32-22)34(9,10)28(4,5)6/h11-18H,1-10H3. The summed E-state index contributed by atoms with van der Waals surface area (Å²) < 4.78 is 3.22. The normalized spacial score (nSPS) is 13.6. The summed E-state index contributed by atoms with van der Waals surface area (Å²) in [7, 11) is -2.96. The smallest absolute Gasteiger partial charge is 0.0987 e. The molecule has 0 fully saturated rings. The molecule has 0 saturated carbocycles. The lowest BCUT2D eigenvalue weighted by Gasteiger charge is -2.35. The van der Waals surface area contributed by atoms with Crippen LogP contribution in [0.4, 0.5) is 0 Å². The zero-order valence-corrected chi connectivity index (χ0v) is 27.5. The summed E-state index contributed by atoms with van der Waals surface area (Å²) >= 11 is 7.80. The van der Waals surface area contributed by atoms with Gasteiger partial charge in [-0.2, -0.15) is 0 Å². The predicted molar refractivity (Wildman–Crippen MR) is 168 cm³/mol. The number of hydrogen-bond donors (Lipinski definition) is 0. The van der Waals surface area contributed by atoms with Gasteiger partial charge in [-0.3, -0.25) is 0 Å². The first kappa shape index (κ1) is 26.3. The van der Waals surface area contributed by atoms with Crippen molar-refractivity contribution in [2.24, 2.45) is 0 Å². The first-order valence-electron chi connectivity index (χ1n) is 12.0. The minimum atomic E-state index is -1.48. The van der Waals surface area contributed by atoms with Crippen LogP contribution < -0.4 is 9.00 Å². The monoisotopic (exact) mass is 558 g/mol. The minimum Gasteiger partial charge on any atom is -0.144 e. The Hall–Kier alpha value is -0.766. The Labute approximate surface area is 224 Å². The van der Waals surface area contributed by atoms with Crippen molar-refractivity contribution < 1.29 is 0 Å². The largest absolute Gasteiger partial charge is 0.144 e. The molecule has 182 valence electrons. The number of rotatable bonds is 5. The maximum absolute atomic E-state index is 2.51. The Morgan fingerprint density at radius 1 is 0.529 bits per heavy atom. The third-order valence-corrected chi connectivity index (χ3v) is 26.2. The van der Waals surface area contributed by atoms with Crippen molar-refractivity contribution in [2.75, 3.05) is 0 Å². The summed E-state index contributed by atoms with van der Waals surface area (Å²) in [4.78, 5) is 5.63. The summed E-state index contributed by atoms with van der Waals surface area (Å²) in [5.74, 6) is 0. The Morgan fingerprint density at radius 2 is 0.882 bits per heavy atom. The molecular weight excluding hydrogens is 521 g/mol. The maximum atomic E-state index is 2.51. The molecule has 0 unspecified atom stereocenters. The van der Waals surface area contributed by atoms with E-state index < -0.39 is 16.1 Å². The van der Waals surface area contributed by atoms with Crippen molar-refractivity contribution in [1.29, 1.82) is 0 Å². The van der Waals surface area contributed by atoms with E-state index >= 15 is 0 Å². The third kappa shape index (κ3) is 4.79. The van der Waals surface area contributed by atoms with Gasteiger partial charge in [0, 0.05) is 19.5 Å². The molecule has 0 atom stereocenters. The van der Waals surface area contributed by atoms with Crippen molar-refractivity contribution in [3.05, 3.63) is 47.2 Å². The predicted octanol–water partition coefficient (Wildman–Crippen LogP) is 10.4. The van der Waals surface area contributed by atoms with Gasteiger partial charge in [0.1, 0.15) is 0 Å². The van der Waals surface area contributed by atoms with Crippen LogP contribution in [0, 0.1) is 0 Å². The molecule has 4 heterocycles. The molecular formula is C28H38S4Si2. The molecule has 0 aromatic carbocycles. The van der Waals surface area contributed by atoms with Crippen molar-refractivity contribution in [1.82, 2.24) is 0 Å². The van der Waals surface area contributed by atoms with Crippen molar-refractivity contribution in [3.63, 3.8) is 0 Å². The van der Waals surface area contributed by atoms with E-state index in [0.29, 0.717) is 10.1 Å². The lowest BCUT2D eigenvalue weighted by Crippen LogP contribution is -2.47. The molecule has 34 heavy (non-hydrogen) atoms. The van der Waals surface area contributed by atoms with E-state index in [4.69, 9.17) is 0 Å². The molecule has 0 amide bonds. The van der Waals surface area contributed by atoms with Gasteiger partial charge in [0.2, 0.25) is 0 Å². The van der Waals surface area contributed by atoms with Gasteiger partial charge in [0.15, 0.2) is 0 Å². The third-order valence-electron chi connectivity index (χ3n) is 8.21. The van der Waals surface area contributed by atoms with Gasteiger partial charge in [-0.15, -0.1) is 45.3 Å². The highest BCUT2D eigenvalue weighted by atomic mass is 32.1. The van der Waals surface area contributed by atoms with E-state index in [9.17, 15) is 0 Å². The molecule has 0 saturated heterocycles. The fourth-order valence-electron chi connectivity index (χ4n) is 3.59. The molecule has 4 aromatic heterocycles. The Kier molecular flexibility index (Phi) is 6.93. The van der Waals surface area contributed by atoms with Gasteiger partial charge >= 0.3 is 0 Å². The summed E-state index contributed by atoms with van der Waals surface area (Å²) in [5, 5.41) is 5.41. The molecule has 0 radical (unpaired) electrons. The van der Waals surface area contributed by atoms with Crippen molar-refractivity contribution in [3.8, 4) is 30.6 Å². The molecule has 0 spiro atoms. The first-order valence-corrected chi connectivity index (χ1v) is 21.4. The average molecular weight is 559 g/mol. The fourth-order valence-corrected chi connectivity index (χ4v) is 14.2. The summed E-state index contributed by atoms with van der Waals surface area (Å²) in [6.07, 6.45) is 0. The quantitative estimate of drug-likeness (QED) is 0.214. The second-order valence-electron chi connectivity index (χ2n) is 12.5. The van der Waals surface area contributed by atoms with E-state index in [0.717, 1.165) is 0 Å². The molecule has 0 aliphatic heterocycles. The van der Waals surface area contributed by atoms with E-state index in [1.807, 2.05) is 45.3 Å². The van der Waals surface area contributed by atoms with Gasteiger partial charge in [0.05, 0.1) is 16.1 Å². The molecule has 6 heteroatoms. The lowest BCUT2D eigenvalue weighted by atomic mass is 10.1. The highest BCUT2D eigenvalue weighted by Gasteiger charge is 2.39. The molecule has 0 N–H and O–H groups in total. The van der Waals surface area contributed by atoms with Gasteiger partial charge in [0.25, 0.3) is 0 Å². The molecule has 0 bridgehead atoms. The molecule has 0 aliphatic carbocycles. The van der Waals surface area contributed by atoms with Crippen LogP contribution in [0.25, 0.3) is 30.6 Å². The molecule has 0 nitrogen and oxygen atoms in total. The number of thiophene rings is 4. The Bertz CT molecular complexity index is 1180. The van der Waals surface area contributed by atoms with Crippen LogP contribution in [0.3, 0.4) is 0 Å². The molecule has 0 aliphatic rings. The minimum absolute atomic E-state index is 0.370. The van der Waals surface area contributed by atoms with Crippen LogP contribution in [-0.2, 0) is 0 Å². The second kappa shape index (κ2) is 8.96. The van der Waals surface area contributed by atoms with Crippen molar-refractivity contribution in [2.45, 2.75) is 77.8 Å². The fraction of sp³-hybridized carbons (Fsp3) is 0.429. The first-order chi connectivity index (χ1) is 15.6. The summed E-state index contributed by atoms with van der Waals surface area (Å²) in [6, 6.07) is 14.3. The van der Waals surface area contributed by atoms with E-state index in [1.165, 1.54) is 30.6 Å². The highest BCUT2D eigenvalue weighted by molar-refractivity contribution is 7.32. The zero-order valence-electron chi connectivity index (χ0n) is 22.3. The van der Waals surface area contributed by atoms with E-state index in [-0.39, 0.29) is 0 Å². The van der Waals surface area contributed by atoms with Gasteiger partial charge < -0.3 is 0 Å². The van der Waals surface area contributed by atoms with Crippen LogP contribution >= 0.6 is 45.3 Å². The highest BCUT2D eigenvalue weighted by Crippen LogP contribution is 2.43. The summed E-state index contributed by atoms with van der Waals surface area (Å²) in [6.45, 7) is 24.5. The van der Waals surface area contributed by atoms with Crippen LogP contribution in [-0.4, -0.2) is 16.1 Å². The van der Waals surface area contributed by atoms with Crippen molar-refractivity contribution >= 4 is 70.5 Å². The lowest BCUT2D eigenvalue weighted by molar-refractivity contribution is 0.730. The SMILES string of the molecule is CC(C)(C)[Si](C)(C)c1ccc(-c2cc(-c3csc(-c4ccc([Si](C)(C)C(C)(C)C)s4)c3)cs2)s1. The number of hydrogen-bond acceptors (Lipinski definition) is 4. The Morgan fingerprint density at radius 3 is 1.21 bits per heavy atom. The van der Waals surface area contributed by atoms with E-state index in [2.05, 4.69) is 115 Å². The van der Waals surface area contributed by atoms with E-state index in [1.54, 1.807) is 9.00 Å². The molecule has 4 aromatic rings. The zero-order chi connectivity index (χ0) is 25.1. The molecule has 4 rings (SSSR count). The topological polar surface area (TPSA) is 0 Å². The summed E-state index contributed by atoms with van der Waals surface area (Å²) in [5.41, 5.74) is 2.71. The van der Waals surface area contributed by atoms with Gasteiger partial charge in [-0.25, -0.2) is 0 Å².